The number of benzene rings is 1. The number of para-hydroxylation sites is 2. The number of nitrogens with zero attached hydrogens (tertiary/aromatic N) is 4. The Bertz CT molecular complexity index is 645. The molecule has 0 radical (unpaired) electrons. The first kappa shape index (κ1) is 18.2. The van der Waals surface area contributed by atoms with Gasteiger partial charge in [-0.1, -0.05) is 18.6 Å². The molecule has 2 aliphatic rings. The maximum Gasteiger partial charge on any atom is 0.147 e. The molecule has 1 unspecified atom stereocenters. The summed E-state index contributed by atoms with van der Waals surface area (Å²) in [6.07, 6.45) is 6.02. The third kappa shape index (κ3) is 3.54. The van der Waals surface area contributed by atoms with Gasteiger partial charge in [0.25, 0.3) is 0 Å². The third-order valence-corrected chi connectivity index (χ3v) is 4.95. The minimum atomic E-state index is 0. The fraction of sp³-hybridized carbons (Fsp3) is 0.529. The van der Waals surface area contributed by atoms with E-state index >= 15 is 0 Å². The fourth-order valence-corrected chi connectivity index (χ4v) is 3.61. The van der Waals surface area contributed by atoms with Crippen LogP contribution < -0.4 is 4.90 Å². The number of likely N-dealkylation sites (tertiary alicyclic amines) is 1. The lowest BCUT2D eigenvalue weighted by Gasteiger charge is -2.49. The first-order valence-corrected chi connectivity index (χ1v) is 8.04. The van der Waals surface area contributed by atoms with Crippen LogP contribution in [-0.4, -0.2) is 46.6 Å². The van der Waals surface area contributed by atoms with E-state index in [1.165, 1.54) is 25.8 Å². The topological polar surface area (TPSA) is 32.3 Å². The second-order valence-corrected chi connectivity index (χ2v) is 6.36. The summed E-state index contributed by atoms with van der Waals surface area (Å²) in [4.78, 5) is 14.3. The van der Waals surface area contributed by atoms with Crippen LogP contribution in [0, 0.1) is 0 Å². The van der Waals surface area contributed by atoms with Gasteiger partial charge in [-0.15, -0.1) is 24.8 Å². The Balaban J connectivity index is 0.000000960. The van der Waals surface area contributed by atoms with E-state index in [4.69, 9.17) is 4.98 Å². The molecule has 1 atom stereocenters. The number of aromatic nitrogens is 2. The van der Waals surface area contributed by atoms with E-state index in [-0.39, 0.29) is 24.8 Å². The van der Waals surface area contributed by atoms with E-state index in [0.29, 0.717) is 6.04 Å². The molecule has 0 saturated carbocycles. The molecular weight excluding hydrogens is 331 g/mol. The second-order valence-electron chi connectivity index (χ2n) is 6.36. The van der Waals surface area contributed by atoms with Crippen molar-refractivity contribution in [3.8, 4) is 0 Å². The summed E-state index contributed by atoms with van der Waals surface area (Å²) >= 11 is 0. The van der Waals surface area contributed by atoms with Crippen molar-refractivity contribution in [1.82, 2.24) is 14.9 Å². The van der Waals surface area contributed by atoms with Crippen molar-refractivity contribution in [3.05, 3.63) is 30.5 Å². The summed E-state index contributed by atoms with van der Waals surface area (Å²) in [6, 6.07) is 9.53. The summed E-state index contributed by atoms with van der Waals surface area (Å²) in [6.45, 7) is 5.83. The van der Waals surface area contributed by atoms with E-state index in [0.717, 1.165) is 36.0 Å². The molecule has 0 N–H and O–H groups in total. The Kier molecular flexibility index (Phi) is 6.06. The van der Waals surface area contributed by atoms with Crippen molar-refractivity contribution in [1.29, 1.82) is 0 Å². The molecule has 126 valence electrons. The molecule has 4 nitrogen and oxygen atoms in total. The number of fused-ring (bicyclic) bond motifs is 1. The molecule has 1 aromatic heterocycles. The van der Waals surface area contributed by atoms with E-state index < -0.39 is 0 Å². The summed E-state index contributed by atoms with van der Waals surface area (Å²) in [5.74, 6) is 1.02. The molecule has 0 aliphatic carbocycles. The zero-order valence-corrected chi connectivity index (χ0v) is 15.0. The number of anilines is 1. The van der Waals surface area contributed by atoms with E-state index in [2.05, 4.69) is 21.7 Å². The van der Waals surface area contributed by atoms with Crippen LogP contribution in [0.15, 0.2) is 30.5 Å². The maximum absolute atomic E-state index is 4.74. The van der Waals surface area contributed by atoms with Crippen molar-refractivity contribution in [3.63, 3.8) is 0 Å². The minimum Gasteiger partial charge on any atom is -0.352 e. The van der Waals surface area contributed by atoms with Crippen LogP contribution in [0.5, 0.6) is 0 Å². The van der Waals surface area contributed by atoms with Crippen molar-refractivity contribution in [2.45, 2.75) is 38.3 Å². The highest BCUT2D eigenvalue weighted by atomic mass is 35.5. The lowest BCUT2D eigenvalue weighted by molar-refractivity contribution is 0.0873. The van der Waals surface area contributed by atoms with Gasteiger partial charge in [0.1, 0.15) is 5.82 Å². The number of hydrogen-bond acceptors (Lipinski definition) is 4. The minimum absolute atomic E-state index is 0. The highest BCUT2D eigenvalue weighted by Gasteiger charge is 2.35. The summed E-state index contributed by atoms with van der Waals surface area (Å²) in [7, 11) is 0. The first-order chi connectivity index (χ1) is 10.3. The van der Waals surface area contributed by atoms with Gasteiger partial charge >= 0.3 is 0 Å². The normalized spacial score (nSPS) is 22.1. The van der Waals surface area contributed by atoms with E-state index in [9.17, 15) is 0 Å². The molecular formula is C17H24Cl2N4. The Hall–Kier alpha value is -1.10. The van der Waals surface area contributed by atoms with Gasteiger partial charge in [0.15, 0.2) is 0 Å². The van der Waals surface area contributed by atoms with Gasteiger partial charge in [-0.25, -0.2) is 4.98 Å². The van der Waals surface area contributed by atoms with E-state index in [1.807, 2.05) is 30.5 Å². The quantitative estimate of drug-likeness (QED) is 0.825. The molecule has 4 rings (SSSR count). The standard InChI is InChI=1S/C17H22N4.2ClH/c1-13-6-4-5-9-21(13)14-11-20(12-14)17-10-18-15-7-2-3-8-16(15)19-17;;/h2-3,7-8,10,13-14H,4-6,9,11-12H2,1H3;2*1H. The average molecular weight is 355 g/mol. The van der Waals surface area contributed by atoms with Gasteiger partial charge in [-0.3, -0.25) is 9.88 Å². The Morgan fingerprint density at radius 2 is 1.78 bits per heavy atom. The molecule has 23 heavy (non-hydrogen) atoms. The molecule has 2 fully saturated rings. The number of hydrogen-bond donors (Lipinski definition) is 0. The molecule has 0 bridgehead atoms. The number of rotatable bonds is 2. The molecule has 3 heterocycles. The van der Waals surface area contributed by atoms with Gasteiger partial charge in [-0.05, 0) is 38.4 Å². The number of halogens is 2. The van der Waals surface area contributed by atoms with E-state index in [1.54, 1.807) is 0 Å². The Labute approximate surface area is 150 Å². The van der Waals surface area contributed by atoms with Gasteiger partial charge < -0.3 is 4.90 Å². The molecule has 2 aliphatic heterocycles. The van der Waals surface area contributed by atoms with Crippen LogP contribution in [0.2, 0.25) is 0 Å². The number of piperidine rings is 1. The summed E-state index contributed by atoms with van der Waals surface area (Å²) < 4.78 is 0. The van der Waals surface area contributed by atoms with Crippen molar-refractivity contribution in [2.75, 3.05) is 24.5 Å². The molecule has 6 heteroatoms. The first-order valence-electron chi connectivity index (χ1n) is 8.04. The van der Waals surface area contributed by atoms with Crippen molar-refractivity contribution in [2.24, 2.45) is 0 Å². The maximum atomic E-state index is 4.74. The lowest BCUT2D eigenvalue weighted by Crippen LogP contribution is -2.62. The van der Waals surface area contributed by atoms with Crippen LogP contribution in [0.25, 0.3) is 11.0 Å². The SMILES string of the molecule is CC1CCCCN1C1CN(c2cnc3ccccc3n2)C1.Cl.Cl. The van der Waals surface area contributed by atoms with Crippen LogP contribution in [-0.2, 0) is 0 Å². The lowest BCUT2D eigenvalue weighted by atomic mass is 9.97. The van der Waals surface area contributed by atoms with Gasteiger partial charge in [0.2, 0.25) is 0 Å². The summed E-state index contributed by atoms with van der Waals surface area (Å²) in [5, 5.41) is 0. The fourth-order valence-electron chi connectivity index (χ4n) is 3.61. The van der Waals surface area contributed by atoms with Crippen LogP contribution >= 0.6 is 24.8 Å². The third-order valence-electron chi connectivity index (χ3n) is 4.95. The monoisotopic (exact) mass is 354 g/mol. The Morgan fingerprint density at radius 3 is 2.52 bits per heavy atom. The Morgan fingerprint density at radius 1 is 1.04 bits per heavy atom. The van der Waals surface area contributed by atoms with Crippen molar-refractivity contribution >= 4 is 41.7 Å². The smallest absolute Gasteiger partial charge is 0.147 e. The van der Waals surface area contributed by atoms with Crippen LogP contribution in [0.3, 0.4) is 0 Å². The van der Waals surface area contributed by atoms with Gasteiger partial charge in [0, 0.05) is 25.2 Å². The molecule has 0 spiro atoms. The molecule has 1 aromatic carbocycles. The van der Waals surface area contributed by atoms with Gasteiger partial charge in [0.05, 0.1) is 17.2 Å². The van der Waals surface area contributed by atoms with Crippen LogP contribution in [0.4, 0.5) is 5.82 Å². The molecule has 2 saturated heterocycles. The predicted molar refractivity (Wildman–Crippen MR) is 100 cm³/mol. The average Bonchev–Trinajstić information content (AvgIpc) is 2.47. The van der Waals surface area contributed by atoms with Gasteiger partial charge in [-0.2, -0.15) is 0 Å². The molecule has 2 aromatic rings. The van der Waals surface area contributed by atoms with Crippen molar-refractivity contribution < 1.29 is 0 Å². The zero-order chi connectivity index (χ0) is 14.2. The zero-order valence-electron chi connectivity index (χ0n) is 13.4. The molecule has 0 amide bonds. The predicted octanol–water partition coefficient (Wildman–Crippen LogP) is 3.54. The highest BCUT2D eigenvalue weighted by Crippen LogP contribution is 2.27. The van der Waals surface area contributed by atoms with Crippen LogP contribution in [0.1, 0.15) is 26.2 Å². The summed E-state index contributed by atoms with van der Waals surface area (Å²) in [5.41, 5.74) is 1.97. The second kappa shape index (κ2) is 7.65. The highest BCUT2D eigenvalue weighted by molar-refractivity contribution is 5.85. The largest absolute Gasteiger partial charge is 0.352 e.